The van der Waals surface area contributed by atoms with Crippen LogP contribution >= 0.6 is 0 Å². The summed E-state index contributed by atoms with van der Waals surface area (Å²) in [6, 6.07) is 1.85. The van der Waals surface area contributed by atoms with Crippen LogP contribution in [-0.2, 0) is 0 Å². The van der Waals surface area contributed by atoms with Gasteiger partial charge in [0.15, 0.2) is 0 Å². The molecule has 0 fully saturated rings. The van der Waals surface area contributed by atoms with Crippen molar-refractivity contribution in [2.24, 2.45) is 0 Å². The quantitative estimate of drug-likeness (QED) is 0.652. The molecule has 1 aromatic rings. The number of nitrogen functional groups attached to an aromatic ring is 1. The van der Waals surface area contributed by atoms with Crippen molar-refractivity contribution in [3.63, 3.8) is 0 Å². The van der Waals surface area contributed by atoms with Crippen molar-refractivity contribution in [3.8, 4) is 0 Å². The van der Waals surface area contributed by atoms with Gasteiger partial charge >= 0.3 is 0 Å². The minimum Gasteiger partial charge on any atom is -0.397 e. The highest BCUT2D eigenvalue weighted by molar-refractivity contribution is 6.02. The maximum atomic E-state index is 7.61. The molecule has 3 heteroatoms. The summed E-state index contributed by atoms with van der Waals surface area (Å²) >= 11 is 0. The van der Waals surface area contributed by atoms with E-state index in [0.717, 1.165) is 11.3 Å². The third-order valence-electron chi connectivity index (χ3n) is 1.75. The van der Waals surface area contributed by atoms with Crippen LogP contribution in [0, 0.1) is 12.3 Å². The number of hydrogen-bond donors (Lipinski definition) is 2. The topological polar surface area (TPSA) is 62.8 Å². The second-order valence-electron chi connectivity index (χ2n) is 2.75. The molecule has 0 unspecified atom stereocenters. The highest BCUT2D eigenvalue weighted by Crippen LogP contribution is 2.12. The van der Waals surface area contributed by atoms with Crippen molar-refractivity contribution in [1.82, 2.24) is 4.98 Å². The first kappa shape index (κ1) is 8.71. The van der Waals surface area contributed by atoms with E-state index in [1.165, 1.54) is 0 Å². The first-order chi connectivity index (χ1) is 5.65. The average molecular weight is 163 g/mol. The van der Waals surface area contributed by atoms with Crippen LogP contribution in [0.25, 0.3) is 0 Å². The van der Waals surface area contributed by atoms with Gasteiger partial charge in [-0.05, 0) is 19.4 Å². The predicted molar refractivity (Wildman–Crippen MR) is 50.5 cm³/mol. The Balaban J connectivity index is 3.13. The molecule has 0 bridgehead atoms. The maximum absolute atomic E-state index is 7.61. The number of anilines is 1. The molecule has 0 amide bonds. The van der Waals surface area contributed by atoms with Gasteiger partial charge in [-0.15, -0.1) is 0 Å². The smallest absolute Gasteiger partial charge is 0.0592 e. The normalized spacial score (nSPS) is 9.83. The molecular formula is C9H13N3. The highest BCUT2D eigenvalue weighted by atomic mass is 14.7. The SMILES string of the molecule is CCC(=N)c1cc(C)ncc1N. The average Bonchev–Trinajstić information content (AvgIpc) is 2.08. The molecule has 64 valence electrons. The molecular weight excluding hydrogens is 150 g/mol. The molecule has 1 rings (SSSR count). The van der Waals surface area contributed by atoms with Crippen molar-refractivity contribution >= 4 is 11.4 Å². The van der Waals surface area contributed by atoms with Gasteiger partial charge in [-0.3, -0.25) is 4.98 Å². The van der Waals surface area contributed by atoms with Gasteiger partial charge in [-0.2, -0.15) is 0 Å². The summed E-state index contributed by atoms with van der Waals surface area (Å²) in [5, 5.41) is 7.61. The first-order valence-corrected chi connectivity index (χ1v) is 3.95. The third-order valence-corrected chi connectivity index (χ3v) is 1.75. The molecule has 0 aromatic carbocycles. The molecule has 0 aliphatic carbocycles. The fourth-order valence-corrected chi connectivity index (χ4v) is 1.02. The zero-order valence-corrected chi connectivity index (χ0v) is 7.39. The second kappa shape index (κ2) is 3.34. The lowest BCUT2D eigenvalue weighted by molar-refractivity contribution is 1.18. The van der Waals surface area contributed by atoms with Crippen LogP contribution < -0.4 is 5.73 Å². The lowest BCUT2D eigenvalue weighted by atomic mass is 10.1. The van der Waals surface area contributed by atoms with E-state index in [2.05, 4.69) is 4.98 Å². The lowest BCUT2D eigenvalue weighted by Gasteiger charge is -2.05. The Hall–Kier alpha value is -1.38. The van der Waals surface area contributed by atoms with Crippen molar-refractivity contribution in [2.45, 2.75) is 20.3 Å². The van der Waals surface area contributed by atoms with Crippen molar-refractivity contribution < 1.29 is 0 Å². The fourth-order valence-electron chi connectivity index (χ4n) is 1.02. The molecule has 0 radical (unpaired) electrons. The monoisotopic (exact) mass is 163 g/mol. The lowest BCUT2D eigenvalue weighted by Crippen LogP contribution is -2.03. The number of rotatable bonds is 2. The van der Waals surface area contributed by atoms with Crippen molar-refractivity contribution in [1.29, 1.82) is 5.41 Å². The Labute approximate surface area is 72.1 Å². The Bertz CT molecular complexity index is 305. The summed E-state index contributed by atoms with van der Waals surface area (Å²) in [6.45, 7) is 3.84. The molecule has 0 atom stereocenters. The van der Waals surface area contributed by atoms with Gasteiger partial charge in [0, 0.05) is 17.0 Å². The molecule has 3 nitrogen and oxygen atoms in total. The number of nitrogens with two attached hydrogens (primary N) is 1. The Kier molecular flexibility index (Phi) is 2.43. The summed E-state index contributed by atoms with van der Waals surface area (Å²) in [5.74, 6) is 0. The van der Waals surface area contributed by atoms with Gasteiger partial charge in [0.05, 0.1) is 11.9 Å². The molecule has 1 heterocycles. The molecule has 0 aliphatic rings. The number of pyridine rings is 1. The molecule has 0 saturated carbocycles. The first-order valence-electron chi connectivity index (χ1n) is 3.95. The van der Waals surface area contributed by atoms with Gasteiger partial charge < -0.3 is 11.1 Å². The standard InChI is InChI=1S/C9H13N3/c1-3-8(10)7-4-6(2)12-5-9(7)11/h4-5,10H,3,11H2,1-2H3. The van der Waals surface area contributed by atoms with E-state index in [4.69, 9.17) is 11.1 Å². The van der Waals surface area contributed by atoms with Gasteiger partial charge in [-0.25, -0.2) is 0 Å². The summed E-state index contributed by atoms with van der Waals surface area (Å²) in [7, 11) is 0. The van der Waals surface area contributed by atoms with Gasteiger partial charge in [0.1, 0.15) is 0 Å². The summed E-state index contributed by atoms with van der Waals surface area (Å²) < 4.78 is 0. The van der Waals surface area contributed by atoms with Gasteiger partial charge in [-0.1, -0.05) is 6.92 Å². The minimum atomic E-state index is 0.568. The van der Waals surface area contributed by atoms with Crippen LogP contribution in [-0.4, -0.2) is 10.7 Å². The minimum absolute atomic E-state index is 0.568. The summed E-state index contributed by atoms with van der Waals surface area (Å²) in [4.78, 5) is 4.03. The van der Waals surface area contributed by atoms with Crippen molar-refractivity contribution in [3.05, 3.63) is 23.5 Å². The zero-order valence-electron chi connectivity index (χ0n) is 7.39. The largest absolute Gasteiger partial charge is 0.397 e. The number of nitrogens with zero attached hydrogens (tertiary/aromatic N) is 1. The zero-order chi connectivity index (χ0) is 9.14. The van der Waals surface area contributed by atoms with E-state index < -0.39 is 0 Å². The van der Waals surface area contributed by atoms with E-state index >= 15 is 0 Å². The summed E-state index contributed by atoms with van der Waals surface area (Å²) in [5.41, 5.74) is 8.53. The van der Waals surface area contributed by atoms with Crippen LogP contribution in [0.2, 0.25) is 0 Å². The number of aromatic nitrogens is 1. The Morgan fingerprint density at radius 3 is 2.92 bits per heavy atom. The number of hydrogen-bond acceptors (Lipinski definition) is 3. The van der Waals surface area contributed by atoms with Crippen LogP contribution in [0.15, 0.2) is 12.3 Å². The maximum Gasteiger partial charge on any atom is 0.0592 e. The molecule has 12 heavy (non-hydrogen) atoms. The van der Waals surface area contributed by atoms with E-state index in [0.29, 0.717) is 17.8 Å². The Morgan fingerprint density at radius 2 is 2.33 bits per heavy atom. The van der Waals surface area contributed by atoms with Crippen LogP contribution in [0.3, 0.4) is 0 Å². The van der Waals surface area contributed by atoms with Crippen LogP contribution in [0.4, 0.5) is 5.69 Å². The van der Waals surface area contributed by atoms with Crippen molar-refractivity contribution in [2.75, 3.05) is 5.73 Å². The fraction of sp³-hybridized carbons (Fsp3) is 0.333. The summed E-state index contributed by atoms with van der Waals surface area (Å²) in [6.07, 6.45) is 2.31. The molecule has 3 N–H and O–H groups in total. The third kappa shape index (κ3) is 1.61. The molecule has 1 aromatic heterocycles. The van der Waals surface area contributed by atoms with Crippen LogP contribution in [0.1, 0.15) is 24.6 Å². The number of nitrogens with one attached hydrogen (secondary N) is 1. The van der Waals surface area contributed by atoms with E-state index in [9.17, 15) is 0 Å². The predicted octanol–water partition coefficient (Wildman–Crippen LogP) is 1.75. The number of aryl methyl sites for hydroxylation is 1. The Morgan fingerprint density at radius 1 is 1.67 bits per heavy atom. The van der Waals surface area contributed by atoms with E-state index in [-0.39, 0.29) is 0 Å². The highest BCUT2D eigenvalue weighted by Gasteiger charge is 2.03. The van der Waals surface area contributed by atoms with Gasteiger partial charge in [0.25, 0.3) is 0 Å². The molecule has 0 saturated heterocycles. The van der Waals surface area contributed by atoms with E-state index in [1.807, 2.05) is 19.9 Å². The van der Waals surface area contributed by atoms with Crippen LogP contribution in [0.5, 0.6) is 0 Å². The molecule has 0 aliphatic heterocycles. The second-order valence-corrected chi connectivity index (χ2v) is 2.75. The van der Waals surface area contributed by atoms with E-state index in [1.54, 1.807) is 6.20 Å². The van der Waals surface area contributed by atoms with Gasteiger partial charge in [0.2, 0.25) is 0 Å². The molecule has 0 spiro atoms.